The summed E-state index contributed by atoms with van der Waals surface area (Å²) in [6.45, 7) is 8.66. The summed E-state index contributed by atoms with van der Waals surface area (Å²) in [6, 6.07) is 27.1. The Morgan fingerprint density at radius 2 is 1.58 bits per heavy atom. The lowest BCUT2D eigenvalue weighted by Gasteiger charge is -2.24. The van der Waals surface area contributed by atoms with Crippen molar-refractivity contribution in [2.24, 2.45) is 0 Å². The van der Waals surface area contributed by atoms with Crippen LogP contribution in [0, 0.1) is 13.8 Å². The molecule has 0 heterocycles. The quantitative estimate of drug-likeness (QED) is 0.183. The summed E-state index contributed by atoms with van der Waals surface area (Å²) in [5.41, 5.74) is 6.64. The van der Waals surface area contributed by atoms with Crippen molar-refractivity contribution in [2.45, 2.75) is 50.2 Å². The number of ether oxygens (including phenoxy) is 1. The Bertz CT molecular complexity index is 1430. The van der Waals surface area contributed by atoms with Crippen LogP contribution in [0.25, 0.3) is 0 Å². The molecule has 0 bridgehead atoms. The molecule has 0 fully saturated rings. The van der Waals surface area contributed by atoms with Gasteiger partial charge in [0, 0.05) is 10.5 Å². The average Bonchev–Trinajstić information content (AvgIpc) is 2.85. The van der Waals surface area contributed by atoms with E-state index in [1.807, 2.05) is 18.2 Å². The Hall–Kier alpha value is -2.54. The van der Waals surface area contributed by atoms with E-state index in [2.05, 4.69) is 120 Å². The zero-order valence-corrected chi connectivity index (χ0v) is 25.8. The fourth-order valence-corrected chi connectivity index (χ4v) is 7.14. The highest BCUT2D eigenvalue weighted by Crippen LogP contribution is 2.48. The first-order valence-corrected chi connectivity index (χ1v) is 14.9. The molecule has 4 aromatic rings. The highest BCUT2D eigenvalue weighted by atomic mass is 79.9. The standard InChI is InChI=1S/C32H30Br2O3S/c1-19(2)25-18-29(37-31-27(33)15-22(16-28(31)34)17-30(35)36)26(14-21(25)4)32(23-10-8-9-20(3)13-23)38-24-11-6-5-7-12-24/h5-16,18-19,32H,17H2,1-4H3,(H,35,36). The monoisotopic (exact) mass is 652 g/mol. The second kappa shape index (κ2) is 12.5. The molecule has 3 nitrogen and oxygen atoms in total. The van der Waals surface area contributed by atoms with Gasteiger partial charge in [-0.05, 0) is 104 Å². The van der Waals surface area contributed by atoms with Gasteiger partial charge in [0.2, 0.25) is 0 Å². The second-order valence-electron chi connectivity index (χ2n) is 9.69. The highest BCUT2D eigenvalue weighted by molar-refractivity contribution is 9.11. The number of aryl methyl sites for hydroxylation is 2. The van der Waals surface area contributed by atoms with E-state index in [-0.39, 0.29) is 11.7 Å². The summed E-state index contributed by atoms with van der Waals surface area (Å²) >= 11 is 9.05. The lowest BCUT2D eigenvalue weighted by Crippen LogP contribution is -2.05. The van der Waals surface area contributed by atoms with Crippen LogP contribution in [0.15, 0.2) is 92.7 Å². The number of halogens is 2. The van der Waals surface area contributed by atoms with E-state index in [1.165, 1.54) is 27.1 Å². The number of aliphatic carboxylic acids is 1. The Morgan fingerprint density at radius 3 is 2.18 bits per heavy atom. The van der Waals surface area contributed by atoms with E-state index < -0.39 is 5.97 Å². The largest absolute Gasteiger partial charge is 0.481 e. The Kier molecular flexibility index (Phi) is 9.40. The Morgan fingerprint density at radius 1 is 0.895 bits per heavy atom. The summed E-state index contributed by atoms with van der Waals surface area (Å²) in [6.07, 6.45) is -0.0616. The molecule has 1 atom stereocenters. The van der Waals surface area contributed by atoms with Crippen LogP contribution in [-0.4, -0.2) is 11.1 Å². The second-order valence-corrected chi connectivity index (χ2v) is 12.6. The van der Waals surface area contributed by atoms with Crippen molar-refractivity contribution in [3.63, 3.8) is 0 Å². The van der Waals surface area contributed by atoms with Gasteiger partial charge in [0.25, 0.3) is 0 Å². The maximum atomic E-state index is 11.3. The zero-order chi connectivity index (χ0) is 27.4. The van der Waals surface area contributed by atoms with Gasteiger partial charge in [-0.1, -0.05) is 67.9 Å². The van der Waals surface area contributed by atoms with Gasteiger partial charge < -0.3 is 9.84 Å². The summed E-state index contributed by atoms with van der Waals surface area (Å²) < 4.78 is 8.09. The predicted octanol–water partition coefficient (Wildman–Crippen LogP) is 10.3. The SMILES string of the molecule is Cc1cccc(C(Sc2ccccc2)c2cc(C)c(C(C)C)cc2Oc2c(Br)cc(CC(=O)O)cc2Br)c1. The van der Waals surface area contributed by atoms with Gasteiger partial charge in [0.1, 0.15) is 5.75 Å². The van der Waals surface area contributed by atoms with Crippen molar-refractivity contribution >= 4 is 49.6 Å². The predicted molar refractivity (Wildman–Crippen MR) is 164 cm³/mol. The van der Waals surface area contributed by atoms with Crippen LogP contribution in [0.1, 0.15) is 58.4 Å². The van der Waals surface area contributed by atoms with Crippen molar-refractivity contribution in [3.05, 3.63) is 121 Å². The Labute approximate surface area is 245 Å². The molecule has 0 saturated heterocycles. The number of carbonyl (C=O) groups is 1. The third-order valence-electron chi connectivity index (χ3n) is 6.27. The zero-order valence-electron chi connectivity index (χ0n) is 21.8. The molecule has 0 aliphatic carbocycles. The molecule has 1 N–H and O–H groups in total. The van der Waals surface area contributed by atoms with E-state index in [4.69, 9.17) is 4.74 Å². The molecular formula is C32H30Br2O3S. The lowest BCUT2D eigenvalue weighted by molar-refractivity contribution is -0.136. The molecule has 0 spiro atoms. The van der Waals surface area contributed by atoms with Crippen LogP contribution < -0.4 is 4.74 Å². The summed E-state index contributed by atoms with van der Waals surface area (Å²) in [7, 11) is 0. The summed E-state index contributed by atoms with van der Waals surface area (Å²) in [5, 5.41) is 9.24. The number of hydrogen-bond acceptors (Lipinski definition) is 3. The minimum Gasteiger partial charge on any atom is -0.481 e. The fourth-order valence-electron chi connectivity index (χ4n) is 4.52. The number of carboxylic acids is 1. The molecule has 196 valence electrons. The minimum atomic E-state index is -0.876. The number of rotatable bonds is 9. The molecule has 4 aromatic carbocycles. The third-order valence-corrected chi connectivity index (χ3v) is 8.75. The normalized spacial score (nSPS) is 12.0. The van der Waals surface area contributed by atoms with Crippen LogP contribution in [-0.2, 0) is 11.2 Å². The van der Waals surface area contributed by atoms with Crippen LogP contribution in [0.2, 0.25) is 0 Å². The van der Waals surface area contributed by atoms with Gasteiger partial charge >= 0.3 is 5.97 Å². The summed E-state index contributed by atoms with van der Waals surface area (Å²) in [4.78, 5) is 12.4. The Balaban J connectivity index is 1.88. The third kappa shape index (κ3) is 6.90. The number of thioether (sulfide) groups is 1. The maximum Gasteiger partial charge on any atom is 0.307 e. The molecule has 1 unspecified atom stereocenters. The first-order chi connectivity index (χ1) is 18.1. The van der Waals surface area contributed by atoms with Crippen LogP contribution in [0.3, 0.4) is 0 Å². The molecule has 4 rings (SSSR count). The number of benzene rings is 4. The molecule has 0 aliphatic rings. The van der Waals surface area contributed by atoms with Crippen molar-refractivity contribution < 1.29 is 14.6 Å². The van der Waals surface area contributed by atoms with Crippen molar-refractivity contribution in [1.29, 1.82) is 0 Å². The molecule has 0 saturated carbocycles. The molecule has 6 heteroatoms. The van der Waals surface area contributed by atoms with Gasteiger partial charge in [-0.15, -0.1) is 11.8 Å². The highest BCUT2D eigenvalue weighted by Gasteiger charge is 2.24. The maximum absolute atomic E-state index is 11.3. The van der Waals surface area contributed by atoms with Gasteiger partial charge in [0.15, 0.2) is 5.75 Å². The van der Waals surface area contributed by atoms with Gasteiger partial charge in [0.05, 0.1) is 20.6 Å². The summed E-state index contributed by atoms with van der Waals surface area (Å²) in [5.74, 6) is 0.850. The number of carboxylic acid groups (broad SMARTS) is 1. The molecule has 0 radical (unpaired) electrons. The van der Waals surface area contributed by atoms with Gasteiger partial charge in [-0.25, -0.2) is 0 Å². The molecule has 0 aliphatic heterocycles. The average molecular weight is 654 g/mol. The van der Waals surface area contributed by atoms with Gasteiger partial charge in [-0.3, -0.25) is 4.79 Å². The van der Waals surface area contributed by atoms with Crippen LogP contribution in [0.4, 0.5) is 0 Å². The van der Waals surface area contributed by atoms with Crippen LogP contribution in [0.5, 0.6) is 11.5 Å². The van der Waals surface area contributed by atoms with E-state index in [0.29, 0.717) is 26.2 Å². The van der Waals surface area contributed by atoms with Crippen LogP contribution >= 0.6 is 43.6 Å². The number of hydrogen-bond donors (Lipinski definition) is 1. The first kappa shape index (κ1) is 28.5. The van der Waals surface area contributed by atoms with Crippen molar-refractivity contribution in [1.82, 2.24) is 0 Å². The van der Waals surface area contributed by atoms with E-state index in [1.54, 1.807) is 11.8 Å². The molecule has 0 amide bonds. The van der Waals surface area contributed by atoms with Gasteiger partial charge in [-0.2, -0.15) is 0 Å². The molecule has 0 aromatic heterocycles. The first-order valence-electron chi connectivity index (χ1n) is 12.4. The molecule has 38 heavy (non-hydrogen) atoms. The topological polar surface area (TPSA) is 46.5 Å². The minimum absolute atomic E-state index is 0.00366. The van der Waals surface area contributed by atoms with Crippen molar-refractivity contribution in [2.75, 3.05) is 0 Å². The van der Waals surface area contributed by atoms with E-state index in [0.717, 1.165) is 11.3 Å². The van der Waals surface area contributed by atoms with E-state index >= 15 is 0 Å². The lowest BCUT2D eigenvalue weighted by atomic mass is 9.92. The molecular weight excluding hydrogens is 624 g/mol. The van der Waals surface area contributed by atoms with E-state index in [9.17, 15) is 9.90 Å². The fraction of sp³-hybridized carbons (Fsp3) is 0.219. The smallest absolute Gasteiger partial charge is 0.307 e. The van der Waals surface area contributed by atoms with Crippen molar-refractivity contribution in [3.8, 4) is 11.5 Å².